The van der Waals surface area contributed by atoms with Crippen molar-refractivity contribution in [3.8, 4) is 0 Å². The number of carbonyl (C=O) groups excluding carboxylic acids is 1. The standard InChI is InChI=1S/C24H47NO7/c1-5-6-7-8-9-10-11-12-13-14-15-16-22(27)31-19-21(26)20-32-24(23(28)29)30-18-17-25(2,3)4/h21,24,26H,5-20H2,1-4H3/p+1. The number of carboxylic acids is 1. The smallest absolute Gasteiger partial charge is 0.361 e. The van der Waals surface area contributed by atoms with Crippen LogP contribution in [0.3, 0.4) is 0 Å². The van der Waals surface area contributed by atoms with E-state index in [9.17, 15) is 14.7 Å². The molecule has 0 aromatic rings. The number of esters is 1. The predicted molar refractivity (Wildman–Crippen MR) is 124 cm³/mol. The normalized spacial score (nSPS) is 13.7. The Morgan fingerprint density at radius 1 is 0.812 bits per heavy atom. The van der Waals surface area contributed by atoms with E-state index in [0.29, 0.717) is 17.4 Å². The van der Waals surface area contributed by atoms with Gasteiger partial charge in [0.05, 0.1) is 34.4 Å². The fourth-order valence-electron chi connectivity index (χ4n) is 3.07. The van der Waals surface area contributed by atoms with Crippen LogP contribution < -0.4 is 0 Å². The summed E-state index contributed by atoms with van der Waals surface area (Å²) in [7, 11) is 5.90. The number of hydrogen-bond acceptors (Lipinski definition) is 6. The Labute approximate surface area is 194 Å². The van der Waals surface area contributed by atoms with Crippen molar-refractivity contribution in [1.82, 2.24) is 0 Å². The Kier molecular flexibility index (Phi) is 18.5. The molecule has 32 heavy (non-hydrogen) atoms. The van der Waals surface area contributed by atoms with E-state index in [1.807, 2.05) is 21.1 Å². The molecule has 0 saturated carbocycles. The maximum Gasteiger partial charge on any atom is 0.361 e. The van der Waals surface area contributed by atoms with Crippen LogP contribution in [-0.2, 0) is 23.8 Å². The van der Waals surface area contributed by atoms with E-state index >= 15 is 0 Å². The monoisotopic (exact) mass is 462 g/mol. The highest BCUT2D eigenvalue weighted by atomic mass is 16.7. The van der Waals surface area contributed by atoms with Crippen LogP contribution in [0.4, 0.5) is 0 Å². The maximum atomic E-state index is 11.8. The first-order valence-corrected chi connectivity index (χ1v) is 12.3. The minimum Gasteiger partial charge on any atom is -0.477 e. The number of quaternary nitrogens is 1. The van der Waals surface area contributed by atoms with Gasteiger partial charge in [-0.05, 0) is 6.42 Å². The van der Waals surface area contributed by atoms with Gasteiger partial charge in [-0.15, -0.1) is 0 Å². The van der Waals surface area contributed by atoms with Gasteiger partial charge in [0.1, 0.15) is 19.3 Å². The Bertz CT molecular complexity index is 479. The fourth-order valence-corrected chi connectivity index (χ4v) is 3.07. The average Bonchev–Trinajstić information content (AvgIpc) is 2.71. The van der Waals surface area contributed by atoms with Gasteiger partial charge in [0.2, 0.25) is 0 Å². The van der Waals surface area contributed by atoms with Gasteiger partial charge in [0, 0.05) is 6.42 Å². The fraction of sp³-hybridized carbons (Fsp3) is 0.917. The third kappa shape index (κ3) is 20.7. The summed E-state index contributed by atoms with van der Waals surface area (Å²) in [5, 5.41) is 19.0. The lowest BCUT2D eigenvalue weighted by Crippen LogP contribution is -2.40. The highest BCUT2D eigenvalue weighted by Gasteiger charge is 2.22. The van der Waals surface area contributed by atoms with E-state index in [1.54, 1.807) is 0 Å². The van der Waals surface area contributed by atoms with Crippen LogP contribution in [0.2, 0.25) is 0 Å². The van der Waals surface area contributed by atoms with Crippen LogP contribution in [0.5, 0.6) is 0 Å². The first kappa shape index (κ1) is 30.8. The molecule has 2 atom stereocenters. The van der Waals surface area contributed by atoms with Gasteiger partial charge in [-0.25, -0.2) is 4.79 Å². The molecule has 2 N–H and O–H groups in total. The second-order valence-corrected chi connectivity index (χ2v) is 9.51. The molecule has 0 amide bonds. The van der Waals surface area contributed by atoms with E-state index < -0.39 is 18.4 Å². The molecule has 0 saturated heterocycles. The summed E-state index contributed by atoms with van der Waals surface area (Å²) in [6, 6.07) is 0. The number of nitrogens with zero attached hydrogens (tertiary/aromatic N) is 1. The van der Waals surface area contributed by atoms with Crippen LogP contribution in [0.25, 0.3) is 0 Å². The Balaban J connectivity index is 3.72. The lowest BCUT2D eigenvalue weighted by Gasteiger charge is -2.24. The van der Waals surface area contributed by atoms with Crippen molar-refractivity contribution in [2.45, 2.75) is 96.4 Å². The van der Waals surface area contributed by atoms with Crippen LogP contribution in [0.1, 0.15) is 84.0 Å². The number of unbranched alkanes of at least 4 members (excludes halogenated alkanes) is 10. The van der Waals surface area contributed by atoms with Gasteiger partial charge in [0.15, 0.2) is 0 Å². The summed E-state index contributed by atoms with van der Waals surface area (Å²) in [5.41, 5.74) is 0. The van der Waals surface area contributed by atoms with Crippen molar-refractivity contribution in [2.24, 2.45) is 0 Å². The molecule has 8 nitrogen and oxygen atoms in total. The van der Waals surface area contributed by atoms with Crippen molar-refractivity contribution < 1.29 is 38.5 Å². The second kappa shape index (κ2) is 19.3. The molecule has 0 fully saturated rings. The van der Waals surface area contributed by atoms with Gasteiger partial charge in [-0.1, -0.05) is 71.1 Å². The van der Waals surface area contributed by atoms with Crippen molar-refractivity contribution in [3.05, 3.63) is 0 Å². The van der Waals surface area contributed by atoms with Gasteiger partial charge in [0.25, 0.3) is 6.29 Å². The van der Waals surface area contributed by atoms with Crippen molar-refractivity contribution in [1.29, 1.82) is 0 Å². The molecule has 190 valence electrons. The van der Waals surface area contributed by atoms with Crippen LogP contribution >= 0.6 is 0 Å². The molecular formula is C24H48NO7+. The van der Waals surface area contributed by atoms with Crippen molar-refractivity contribution in [2.75, 3.05) is 47.5 Å². The number of likely N-dealkylation sites (N-methyl/N-ethyl adjacent to an activating group) is 1. The van der Waals surface area contributed by atoms with Crippen LogP contribution in [-0.4, -0.2) is 86.5 Å². The molecule has 0 aliphatic heterocycles. The molecule has 0 heterocycles. The topological polar surface area (TPSA) is 102 Å². The van der Waals surface area contributed by atoms with Crippen LogP contribution in [0, 0.1) is 0 Å². The summed E-state index contributed by atoms with van der Waals surface area (Å²) in [5.74, 6) is -1.61. The number of aliphatic carboxylic acids is 1. The van der Waals surface area contributed by atoms with E-state index in [0.717, 1.165) is 19.3 Å². The number of aliphatic hydroxyl groups is 1. The molecule has 0 aliphatic carbocycles. The molecule has 0 aliphatic rings. The van der Waals surface area contributed by atoms with Gasteiger partial charge >= 0.3 is 11.9 Å². The highest BCUT2D eigenvalue weighted by Crippen LogP contribution is 2.12. The average molecular weight is 463 g/mol. The Hall–Kier alpha value is -1.22. The molecule has 2 unspecified atom stereocenters. The summed E-state index contributed by atoms with van der Waals surface area (Å²) >= 11 is 0. The molecule has 0 aromatic carbocycles. The first-order valence-electron chi connectivity index (χ1n) is 12.3. The zero-order valence-corrected chi connectivity index (χ0v) is 20.9. The number of carboxylic acid groups (broad SMARTS) is 1. The zero-order chi connectivity index (χ0) is 24.2. The quantitative estimate of drug-likeness (QED) is 0.109. The summed E-state index contributed by atoms with van der Waals surface area (Å²) in [6.07, 6.45) is 11.1. The van der Waals surface area contributed by atoms with Crippen molar-refractivity contribution in [3.63, 3.8) is 0 Å². The van der Waals surface area contributed by atoms with Gasteiger partial charge < -0.3 is 28.9 Å². The highest BCUT2D eigenvalue weighted by molar-refractivity contribution is 5.70. The first-order chi connectivity index (χ1) is 15.2. The minimum atomic E-state index is -1.46. The maximum absolute atomic E-state index is 11.8. The largest absolute Gasteiger partial charge is 0.477 e. The molecule has 0 bridgehead atoms. The van der Waals surface area contributed by atoms with Gasteiger partial charge in [-0.3, -0.25) is 4.79 Å². The van der Waals surface area contributed by atoms with Gasteiger partial charge in [-0.2, -0.15) is 0 Å². The summed E-state index contributed by atoms with van der Waals surface area (Å²) in [4.78, 5) is 23.0. The third-order valence-electron chi connectivity index (χ3n) is 5.09. The number of ether oxygens (including phenoxy) is 3. The summed E-state index contributed by atoms with van der Waals surface area (Å²) in [6.45, 7) is 2.56. The molecule has 0 rings (SSSR count). The zero-order valence-electron chi connectivity index (χ0n) is 20.9. The number of hydrogen-bond donors (Lipinski definition) is 2. The molecule has 8 heteroatoms. The summed E-state index contributed by atoms with van der Waals surface area (Å²) < 4.78 is 16.0. The second-order valence-electron chi connectivity index (χ2n) is 9.51. The minimum absolute atomic E-state index is 0.213. The van der Waals surface area contributed by atoms with Crippen molar-refractivity contribution >= 4 is 11.9 Å². The van der Waals surface area contributed by atoms with E-state index in [1.165, 1.54) is 51.4 Å². The molecule has 0 radical (unpaired) electrons. The Morgan fingerprint density at radius 2 is 1.34 bits per heavy atom. The lowest BCUT2D eigenvalue weighted by molar-refractivity contribution is -0.870. The SMILES string of the molecule is CCCCCCCCCCCCCC(=O)OCC(O)COC(OCC[N+](C)(C)C)C(=O)O. The number of carbonyl (C=O) groups is 2. The lowest BCUT2D eigenvalue weighted by atomic mass is 10.1. The Morgan fingerprint density at radius 3 is 1.84 bits per heavy atom. The van der Waals surface area contributed by atoms with Crippen LogP contribution in [0.15, 0.2) is 0 Å². The predicted octanol–water partition coefficient (Wildman–Crippen LogP) is 3.74. The van der Waals surface area contributed by atoms with E-state index in [4.69, 9.17) is 19.3 Å². The molecule has 0 spiro atoms. The number of aliphatic hydroxyl groups excluding tert-OH is 1. The third-order valence-corrected chi connectivity index (χ3v) is 5.09. The number of rotatable bonds is 22. The van der Waals surface area contributed by atoms with E-state index in [-0.39, 0.29) is 25.8 Å². The molecular weight excluding hydrogens is 414 g/mol. The molecule has 0 aromatic heterocycles. The van der Waals surface area contributed by atoms with E-state index in [2.05, 4.69) is 6.92 Å².